The number of aldehydes is 1. The van der Waals surface area contributed by atoms with Crippen molar-refractivity contribution in [3.8, 4) is 0 Å². The van der Waals surface area contributed by atoms with Gasteiger partial charge in [0.2, 0.25) is 0 Å². The Morgan fingerprint density at radius 3 is 1.93 bits per heavy atom. The lowest BCUT2D eigenvalue weighted by Gasteiger charge is -2.29. The van der Waals surface area contributed by atoms with Crippen molar-refractivity contribution in [2.24, 2.45) is 16.7 Å². The van der Waals surface area contributed by atoms with Crippen LogP contribution in [0.2, 0.25) is 0 Å². The summed E-state index contributed by atoms with van der Waals surface area (Å²) in [4.78, 5) is 11.0. The Balaban J connectivity index is 4.17. The van der Waals surface area contributed by atoms with E-state index in [1.54, 1.807) is 0 Å². The van der Waals surface area contributed by atoms with Gasteiger partial charge >= 0.3 is 0 Å². The van der Waals surface area contributed by atoms with Crippen LogP contribution in [0.4, 0.5) is 0 Å². The van der Waals surface area contributed by atoms with E-state index < -0.39 is 0 Å². The van der Waals surface area contributed by atoms with Crippen molar-refractivity contribution in [3.63, 3.8) is 0 Å². The van der Waals surface area contributed by atoms with Gasteiger partial charge < -0.3 is 4.79 Å². The smallest absolute Gasteiger partial charge is 0.125 e. The highest BCUT2D eigenvalue weighted by Crippen LogP contribution is 2.33. The summed E-state index contributed by atoms with van der Waals surface area (Å²) >= 11 is 0. The van der Waals surface area contributed by atoms with E-state index in [9.17, 15) is 4.79 Å². The standard InChI is InChI=1S/C13H26O/c1-7-13(6,10-14)9-11(2)8-12(3,4)5/h10-11H,7-9H2,1-6H3. The second-order valence-electron chi connectivity index (χ2n) is 6.20. The summed E-state index contributed by atoms with van der Waals surface area (Å²) in [6.45, 7) is 13.2. The van der Waals surface area contributed by atoms with Crippen molar-refractivity contribution in [2.45, 2.75) is 60.8 Å². The molecule has 0 aliphatic rings. The summed E-state index contributed by atoms with van der Waals surface area (Å²) < 4.78 is 0. The Bertz CT molecular complexity index is 178. The van der Waals surface area contributed by atoms with Gasteiger partial charge in [0.15, 0.2) is 0 Å². The minimum absolute atomic E-state index is 0.106. The van der Waals surface area contributed by atoms with Gasteiger partial charge in [-0.25, -0.2) is 0 Å². The van der Waals surface area contributed by atoms with Gasteiger partial charge in [-0.15, -0.1) is 0 Å². The van der Waals surface area contributed by atoms with Crippen molar-refractivity contribution in [2.75, 3.05) is 0 Å². The highest BCUT2D eigenvalue weighted by atomic mass is 16.1. The maximum atomic E-state index is 11.0. The molecule has 1 nitrogen and oxygen atoms in total. The average Bonchev–Trinajstić information content (AvgIpc) is 2.00. The van der Waals surface area contributed by atoms with E-state index in [0.717, 1.165) is 19.1 Å². The van der Waals surface area contributed by atoms with E-state index in [0.29, 0.717) is 11.3 Å². The molecular formula is C13H26O. The van der Waals surface area contributed by atoms with Crippen molar-refractivity contribution < 1.29 is 4.79 Å². The fraction of sp³-hybridized carbons (Fsp3) is 0.923. The summed E-state index contributed by atoms with van der Waals surface area (Å²) in [7, 11) is 0. The first-order chi connectivity index (χ1) is 6.22. The lowest BCUT2D eigenvalue weighted by atomic mass is 9.75. The molecule has 0 amide bonds. The second-order valence-corrected chi connectivity index (χ2v) is 6.20. The molecule has 0 bridgehead atoms. The van der Waals surface area contributed by atoms with Gasteiger partial charge in [0.25, 0.3) is 0 Å². The van der Waals surface area contributed by atoms with Crippen molar-refractivity contribution in [1.29, 1.82) is 0 Å². The van der Waals surface area contributed by atoms with E-state index in [1.165, 1.54) is 6.42 Å². The molecule has 0 aliphatic carbocycles. The Hall–Kier alpha value is -0.330. The Morgan fingerprint density at radius 2 is 1.64 bits per heavy atom. The normalized spacial score (nSPS) is 18.7. The molecule has 0 rings (SSSR count). The largest absolute Gasteiger partial charge is 0.303 e. The van der Waals surface area contributed by atoms with Crippen molar-refractivity contribution >= 4 is 6.29 Å². The van der Waals surface area contributed by atoms with Crippen LogP contribution < -0.4 is 0 Å². The predicted octanol–water partition coefficient (Wildman–Crippen LogP) is 4.06. The zero-order chi connectivity index (χ0) is 11.4. The molecule has 14 heavy (non-hydrogen) atoms. The van der Waals surface area contributed by atoms with Crippen LogP contribution in [0.5, 0.6) is 0 Å². The lowest BCUT2D eigenvalue weighted by molar-refractivity contribution is -0.116. The van der Waals surface area contributed by atoms with Crippen LogP contribution in [0, 0.1) is 16.7 Å². The fourth-order valence-electron chi connectivity index (χ4n) is 2.19. The first-order valence-electron chi connectivity index (χ1n) is 5.69. The Labute approximate surface area is 89.3 Å². The number of rotatable bonds is 5. The van der Waals surface area contributed by atoms with Crippen molar-refractivity contribution in [3.05, 3.63) is 0 Å². The minimum atomic E-state index is -0.106. The molecule has 0 saturated heterocycles. The third-order valence-electron chi connectivity index (χ3n) is 2.87. The average molecular weight is 198 g/mol. The zero-order valence-corrected chi connectivity index (χ0v) is 10.7. The van der Waals surface area contributed by atoms with Crippen LogP contribution in [0.3, 0.4) is 0 Å². The van der Waals surface area contributed by atoms with E-state index in [4.69, 9.17) is 0 Å². The van der Waals surface area contributed by atoms with Crippen LogP contribution in [0.15, 0.2) is 0 Å². The van der Waals surface area contributed by atoms with Crippen LogP contribution >= 0.6 is 0 Å². The second kappa shape index (κ2) is 4.95. The zero-order valence-electron chi connectivity index (χ0n) is 10.7. The first-order valence-corrected chi connectivity index (χ1v) is 5.69. The third-order valence-corrected chi connectivity index (χ3v) is 2.87. The number of carbonyl (C=O) groups is 1. The van der Waals surface area contributed by atoms with Gasteiger partial charge in [0.1, 0.15) is 6.29 Å². The van der Waals surface area contributed by atoms with Gasteiger partial charge in [-0.3, -0.25) is 0 Å². The summed E-state index contributed by atoms with van der Waals surface area (Å²) in [6, 6.07) is 0. The predicted molar refractivity (Wildman–Crippen MR) is 62.3 cm³/mol. The molecule has 2 unspecified atom stereocenters. The first kappa shape index (κ1) is 13.7. The molecule has 0 aromatic heterocycles. The minimum Gasteiger partial charge on any atom is -0.303 e. The molecule has 0 N–H and O–H groups in total. The van der Waals surface area contributed by atoms with Crippen LogP contribution in [0.1, 0.15) is 60.8 Å². The molecule has 1 heteroatoms. The molecule has 0 saturated carbocycles. The van der Waals surface area contributed by atoms with Gasteiger partial charge in [0.05, 0.1) is 0 Å². The lowest BCUT2D eigenvalue weighted by Crippen LogP contribution is -2.22. The molecule has 0 fully saturated rings. The Morgan fingerprint density at radius 1 is 1.14 bits per heavy atom. The number of hydrogen-bond acceptors (Lipinski definition) is 1. The summed E-state index contributed by atoms with van der Waals surface area (Å²) in [6.07, 6.45) is 4.29. The van der Waals surface area contributed by atoms with Gasteiger partial charge in [-0.2, -0.15) is 0 Å². The maximum Gasteiger partial charge on any atom is 0.125 e. The quantitative estimate of drug-likeness (QED) is 0.609. The number of carbonyl (C=O) groups excluding carboxylic acids is 1. The molecule has 84 valence electrons. The molecule has 0 spiro atoms. The highest BCUT2D eigenvalue weighted by molar-refractivity contribution is 5.58. The van der Waals surface area contributed by atoms with Gasteiger partial charge in [-0.05, 0) is 30.6 Å². The highest BCUT2D eigenvalue weighted by Gasteiger charge is 2.26. The molecule has 0 aliphatic heterocycles. The maximum absolute atomic E-state index is 11.0. The summed E-state index contributed by atoms with van der Waals surface area (Å²) in [5.41, 5.74) is 0.265. The van der Waals surface area contributed by atoms with E-state index in [2.05, 4.69) is 41.5 Å². The molecule has 0 heterocycles. The van der Waals surface area contributed by atoms with Crippen molar-refractivity contribution in [1.82, 2.24) is 0 Å². The summed E-state index contributed by atoms with van der Waals surface area (Å²) in [5, 5.41) is 0. The van der Waals surface area contributed by atoms with Crippen LogP contribution in [-0.4, -0.2) is 6.29 Å². The molecule has 2 atom stereocenters. The van der Waals surface area contributed by atoms with Crippen LogP contribution in [-0.2, 0) is 4.79 Å². The third kappa shape index (κ3) is 5.41. The number of hydrogen-bond donors (Lipinski definition) is 0. The topological polar surface area (TPSA) is 17.1 Å². The SMILES string of the molecule is CCC(C)(C=O)CC(C)CC(C)(C)C. The van der Waals surface area contributed by atoms with E-state index in [1.807, 2.05) is 0 Å². The van der Waals surface area contributed by atoms with Gasteiger partial charge in [0, 0.05) is 5.41 Å². The fourth-order valence-corrected chi connectivity index (χ4v) is 2.19. The molecular weight excluding hydrogens is 172 g/mol. The molecule has 0 radical (unpaired) electrons. The summed E-state index contributed by atoms with van der Waals surface area (Å²) in [5.74, 6) is 0.630. The Kier molecular flexibility index (Phi) is 4.83. The molecule has 0 aromatic carbocycles. The van der Waals surface area contributed by atoms with Gasteiger partial charge in [-0.1, -0.05) is 41.5 Å². The van der Waals surface area contributed by atoms with E-state index in [-0.39, 0.29) is 5.41 Å². The monoisotopic (exact) mass is 198 g/mol. The van der Waals surface area contributed by atoms with Crippen LogP contribution in [0.25, 0.3) is 0 Å². The molecule has 0 aromatic rings. The van der Waals surface area contributed by atoms with E-state index >= 15 is 0 Å².